The SMILES string of the molecule is CC(C)(O)[C@H](F)CNC(=O)c1cnc2ccc(-c3cn[nH]c3)cc2c1NC1COC1. The molecule has 1 saturated heterocycles. The summed E-state index contributed by atoms with van der Waals surface area (Å²) in [6.07, 6.45) is 3.39. The number of amides is 1. The van der Waals surface area contributed by atoms with E-state index in [1.54, 1.807) is 12.4 Å². The molecule has 0 saturated carbocycles. The second-order valence-electron chi connectivity index (χ2n) is 7.98. The lowest BCUT2D eigenvalue weighted by Crippen LogP contribution is -2.43. The predicted molar refractivity (Wildman–Crippen MR) is 111 cm³/mol. The zero-order valence-corrected chi connectivity index (χ0v) is 16.8. The van der Waals surface area contributed by atoms with Gasteiger partial charge in [0.25, 0.3) is 5.91 Å². The van der Waals surface area contributed by atoms with Gasteiger partial charge in [0.15, 0.2) is 0 Å². The number of carbonyl (C=O) groups excluding carboxylic acids is 1. The van der Waals surface area contributed by atoms with Crippen molar-refractivity contribution >= 4 is 22.5 Å². The van der Waals surface area contributed by atoms with Gasteiger partial charge in [0.05, 0.1) is 54.4 Å². The number of fused-ring (bicyclic) bond motifs is 1. The van der Waals surface area contributed by atoms with Gasteiger partial charge >= 0.3 is 0 Å². The molecule has 158 valence electrons. The molecule has 1 aliphatic rings. The number of nitrogens with one attached hydrogen (secondary N) is 3. The Bertz CT molecular complexity index is 1040. The lowest BCUT2D eigenvalue weighted by molar-refractivity contribution is -0.00178. The molecule has 4 rings (SSSR count). The molecule has 1 fully saturated rings. The molecular weight excluding hydrogens is 389 g/mol. The van der Waals surface area contributed by atoms with E-state index in [2.05, 4.69) is 25.8 Å². The van der Waals surface area contributed by atoms with Gasteiger partial charge in [-0.3, -0.25) is 14.9 Å². The standard InChI is InChI=1S/C21H24FN5O3/c1-21(2,29)18(22)9-24-20(28)16-8-23-17-4-3-12(13-6-25-26-7-13)5-15(17)19(16)27-14-10-30-11-14/h3-8,14,18,29H,9-11H2,1-2H3,(H,23,27)(H,24,28)(H,25,26)/t18-/m1/s1. The maximum Gasteiger partial charge on any atom is 0.255 e. The van der Waals surface area contributed by atoms with Crippen LogP contribution in [0.25, 0.3) is 22.0 Å². The lowest BCUT2D eigenvalue weighted by atomic mass is 10.0. The summed E-state index contributed by atoms with van der Waals surface area (Å²) in [6, 6.07) is 5.84. The van der Waals surface area contributed by atoms with E-state index >= 15 is 0 Å². The number of H-pyrrole nitrogens is 1. The van der Waals surface area contributed by atoms with Crippen LogP contribution < -0.4 is 10.6 Å². The summed E-state index contributed by atoms with van der Waals surface area (Å²) in [5.74, 6) is -0.465. The number of ether oxygens (including phenoxy) is 1. The van der Waals surface area contributed by atoms with E-state index in [4.69, 9.17) is 4.74 Å². The molecule has 2 aromatic heterocycles. The van der Waals surface area contributed by atoms with Crippen LogP contribution in [-0.2, 0) is 4.74 Å². The lowest BCUT2D eigenvalue weighted by Gasteiger charge is -2.29. The minimum Gasteiger partial charge on any atom is -0.387 e. The number of aliphatic hydroxyl groups is 1. The number of carbonyl (C=O) groups is 1. The Kier molecular flexibility index (Phi) is 5.40. The van der Waals surface area contributed by atoms with E-state index in [1.807, 2.05) is 18.2 Å². The molecule has 3 heterocycles. The molecule has 0 spiro atoms. The molecule has 1 aromatic carbocycles. The summed E-state index contributed by atoms with van der Waals surface area (Å²) in [5, 5.41) is 23.3. The highest BCUT2D eigenvalue weighted by atomic mass is 19.1. The number of anilines is 1. The number of benzene rings is 1. The van der Waals surface area contributed by atoms with Crippen LogP contribution in [0.4, 0.5) is 10.1 Å². The van der Waals surface area contributed by atoms with Gasteiger partial charge in [0.1, 0.15) is 6.17 Å². The molecule has 1 amide bonds. The van der Waals surface area contributed by atoms with Crippen molar-refractivity contribution in [1.29, 1.82) is 0 Å². The molecule has 30 heavy (non-hydrogen) atoms. The van der Waals surface area contributed by atoms with Crippen LogP contribution in [0.5, 0.6) is 0 Å². The van der Waals surface area contributed by atoms with E-state index in [9.17, 15) is 14.3 Å². The highest BCUT2D eigenvalue weighted by Gasteiger charge is 2.28. The van der Waals surface area contributed by atoms with Crippen molar-refractivity contribution in [1.82, 2.24) is 20.5 Å². The average molecular weight is 413 g/mol. The molecule has 4 N–H and O–H groups in total. The van der Waals surface area contributed by atoms with Crippen molar-refractivity contribution in [3.05, 3.63) is 42.4 Å². The van der Waals surface area contributed by atoms with Gasteiger partial charge in [-0.1, -0.05) is 6.07 Å². The zero-order chi connectivity index (χ0) is 21.3. The quantitative estimate of drug-likeness (QED) is 0.473. The van der Waals surface area contributed by atoms with E-state index in [0.29, 0.717) is 24.5 Å². The topological polar surface area (TPSA) is 112 Å². The Morgan fingerprint density at radius 2 is 2.17 bits per heavy atom. The first-order valence-corrected chi connectivity index (χ1v) is 9.74. The van der Waals surface area contributed by atoms with Gasteiger partial charge in [0.2, 0.25) is 0 Å². The van der Waals surface area contributed by atoms with Crippen molar-refractivity contribution in [2.24, 2.45) is 0 Å². The first kappa shape index (κ1) is 20.2. The van der Waals surface area contributed by atoms with Crippen LogP contribution in [0.1, 0.15) is 24.2 Å². The van der Waals surface area contributed by atoms with Crippen molar-refractivity contribution in [2.45, 2.75) is 31.7 Å². The fourth-order valence-electron chi connectivity index (χ4n) is 3.16. The Morgan fingerprint density at radius 3 is 2.80 bits per heavy atom. The van der Waals surface area contributed by atoms with Gasteiger partial charge in [-0.15, -0.1) is 0 Å². The Balaban J connectivity index is 1.70. The second-order valence-corrected chi connectivity index (χ2v) is 7.98. The molecule has 0 radical (unpaired) electrons. The number of alkyl halides is 1. The molecule has 0 aliphatic carbocycles. The van der Waals surface area contributed by atoms with E-state index in [-0.39, 0.29) is 12.6 Å². The molecule has 1 aliphatic heterocycles. The van der Waals surface area contributed by atoms with E-state index < -0.39 is 17.7 Å². The normalized spacial score (nSPS) is 15.6. The summed E-state index contributed by atoms with van der Waals surface area (Å²) in [5.41, 5.74) is 1.95. The molecule has 8 nitrogen and oxygen atoms in total. The first-order chi connectivity index (χ1) is 14.3. The van der Waals surface area contributed by atoms with E-state index in [0.717, 1.165) is 22.0 Å². The Hall–Kier alpha value is -3.04. The minimum atomic E-state index is -1.60. The summed E-state index contributed by atoms with van der Waals surface area (Å²) >= 11 is 0. The number of hydrogen-bond donors (Lipinski definition) is 4. The van der Waals surface area contributed by atoms with Crippen LogP contribution in [0.15, 0.2) is 36.8 Å². The highest BCUT2D eigenvalue weighted by Crippen LogP contribution is 2.31. The van der Waals surface area contributed by atoms with Gasteiger partial charge < -0.3 is 20.5 Å². The van der Waals surface area contributed by atoms with Crippen molar-refractivity contribution in [3.63, 3.8) is 0 Å². The number of aromatic nitrogens is 3. The minimum absolute atomic E-state index is 0.0741. The zero-order valence-electron chi connectivity index (χ0n) is 16.8. The van der Waals surface area contributed by atoms with Crippen LogP contribution in [-0.4, -0.2) is 63.8 Å². The van der Waals surface area contributed by atoms with Crippen molar-refractivity contribution < 1.29 is 19.0 Å². The average Bonchev–Trinajstić information content (AvgIpc) is 3.22. The molecular formula is C21H24FN5O3. The fourth-order valence-corrected chi connectivity index (χ4v) is 3.16. The number of pyridine rings is 1. The third-order valence-electron chi connectivity index (χ3n) is 5.14. The molecule has 3 aromatic rings. The number of nitrogens with zero attached hydrogens (tertiary/aromatic N) is 2. The number of rotatable bonds is 7. The number of halogens is 1. The first-order valence-electron chi connectivity index (χ1n) is 9.74. The highest BCUT2D eigenvalue weighted by molar-refractivity contribution is 6.07. The van der Waals surface area contributed by atoms with Crippen LogP contribution in [0.2, 0.25) is 0 Å². The van der Waals surface area contributed by atoms with Gasteiger partial charge in [-0.2, -0.15) is 5.10 Å². The van der Waals surface area contributed by atoms with Gasteiger partial charge in [-0.05, 0) is 31.5 Å². The smallest absolute Gasteiger partial charge is 0.255 e. The second kappa shape index (κ2) is 8.00. The number of aromatic amines is 1. The summed E-state index contributed by atoms with van der Waals surface area (Å²) in [7, 11) is 0. The molecule has 0 bridgehead atoms. The van der Waals surface area contributed by atoms with Crippen LogP contribution in [0.3, 0.4) is 0 Å². The molecule has 1 atom stereocenters. The third kappa shape index (κ3) is 4.12. The molecule has 0 unspecified atom stereocenters. The summed E-state index contributed by atoms with van der Waals surface area (Å²) in [4.78, 5) is 17.3. The van der Waals surface area contributed by atoms with Crippen molar-refractivity contribution in [3.8, 4) is 11.1 Å². The maximum atomic E-state index is 14.1. The monoisotopic (exact) mass is 413 g/mol. The molecule has 9 heteroatoms. The Labute approximate surface area is 172 Å². The largest absolute Gasteiger partial charge is 0.387 e. The van der Waals surface area contributed by atoms with Crippen LogP contribution >= 0.6 is 0 Å². The number of hydrogen-bond acceptors (Lipinski definition) is 6. The third-order valence-corrected chi connectivity index (χ3v) is 5.14. The van der Waals surface area contributed by atoms with Crippen molar-refractivity contribution in [2.75, 3.05) is 25.1 Å². The van der Waals surface area contributed by atoms with Crippen LogP contribution in [0, 0.1) is 0 Å². The van der Waals surface area contributed by atoms with E-state index in [1.165, 1.54) is 20.0 Å². The summed E-state index contributed by atoms with van der Waals surface area (Å²) < 4.78 is 19.4. The summed E-state index contributed by atoms with van der Waals surface area (Å²) in [6.45, 7) is 3.50. The predicted octanol–water partition coefficient (Wildman–Crippen LogP) is 2.27. The van der Waals surface area contributed by atoms with Gasteiger partial charge in [0, 0.05) is 23.3 Å². The maximum absolute atomic E-state index is 14.1. The fraction of sp³-hybridized carbons (Fsp3) is 0.381. The Morgan fingerprint density at radius 1 is 1.37 bits per heavy atom. The van der Waals surface area contributed by atoms with Gasteiger partial charge in [-0.25, -0.2) is 4.39 Å².